The number of fused-ring (bicyclic) bond motifs is 1. The number of hydrogen-bond donors (Lipinski definition) is 3. The summed E-state index contributed by atoms with van der Waals surface area (Å²) >= 11 is 0. The van der Waals surface area contributed by atoms with Gasteiger partial charge in [-0.05, 0) is 37.5 Å². The molecule has 2 aliphatic heterocycles. The van der Waals surface area contributed by atoms with Crippen LogP contribution in [0.1, 0.15) is 42.1 Å². The van der Waals surface area contributed by atoms with Crippen molar-refractivity contribution in [2.75, 3.05) is 6.61 Å². The first-order chi connectivity index (χ1) is 14.7. The van der Waals surface area contributed by atoms with Gasteiger partial charge in [-0.25, -0.2) is 17.2 Å². The van der Waals surface area contributed by atoms with E-state index in [0.717, 1.165) is 18.2 Å². The van der Waals surface area contributed by atoms with Crippen molar-refractivity contribution in [1.82, 2.24) is 8.87 Å². The topological polar surface area (TPSA) is 118 Å². The van der Waals surface area contributed by atoms with Gasteiger partial charge in [0, 0.05) is 41.9 Å². The Labute approximate surface area is 177 Å². The van der Waals surface area contributed by atoms with E-state index in [-0.39, 0.29) is 31.3 Å². The van der Waals surface area contributed by atoms with Gasteiger partial charge in [-0.3, -0.25) is 4.90 Å². The number of hydrogen-bond acceptors (Lipinski definition) is 7. The van der Waals surface area contributed by atoms with E-state index < -0.39 is 50.8 Å². The molecule has 3 atom stereocenters. The lowest BCUT2D eigenvalue weighted by Gasteiger charge is -2.38. The van der Waals surface area contributed by atoms with Crippen LogP contribution >= 0.6 is 0 Å². The fourth-order valence-corrected chi connectivity index (χ4v) is 6.31. The molecule has 0 unspecified atom stereocenters. The number of benzene rings is 1. The lowest BCUT2D eigenvalue weighted by Crippen LogP contribution is -2.47. The summed E-state index contributed by atoms with van der Waals surface area (Å²) < 4.78 is 59.2. The smallest absolute Gasteiger partial charge is 0.247 e. The maximum absolute atomic E-state index is 14.1. The molecule has 0 amide bonds. The van der Waals surface area contributed by atoms with Crippen LogP contribution in [0.2, 0.25) is 0 Å². The Hall–Kier alpha value is -2.21. The summed E-state index contributed by atoms with van der Waals surface area (Å²) in [6, 6.07) is 2.38. The molecule has 5 rings (SSSR count). The lowest BCUT2D eigenvalue weighted by atomic mass is 9.93. The molecule has 0 bridgehead atoms. The third-order valence-corrected chi connectivity index (χ3v) is 8.56. The summed E-state index contributed by atoms with van der Waals surface area (Å²) in [6.07, 6.45) is 0.668. The Morgan fingerprint density at radius 1 is 1.10 bits per heavy atom. The normalized spacial score (nSPS) is 26.9. The predicted molar refractivity (Wildman–Crippen MR) is 106 cm³/mol. The SMILES string of the molecule is N[C@H]1C[C@@H](N2Cc3c(c(O)n(S(=O)(=O)C4CC4)c3O)C2)CO[C@@H]1c1cc(F)ccc1F. The van der Waals surface area contributed by atoms with Crippen LogP contribution in [0.15, 0.2) is 18.2 Å². The molecule has 0 spiro atoms. The van der Waals surface area contributed by atoms with Crippen molar-refractivity contribution >= 4 is 10.0 Å². The second-order valence-corrected chi connectivity index (χ2v) is 10.6. The van der Waals surface area contributed by atoms with Crippen molar-refractivity contribution in [1.29, 1.82) is 0 Å². The molecule has 1 saturated carbocycles. The van der Waals surface area contributed by atoms with E-state index in [2.05, 4.69) is 0 Å². The molecular formula is C20H23F2N3O5S. The molecule has 0 radical (unpaired) electrons. The molecule has 1 saturated heterocycles. The minimum Gasteiger partial charge on any atom is -0.493 e. The molecule has 3 aliphatic rings. The summed E-state index contributed by atoms with van der Waals surface area (Å²) in [5, 5.41) is 20.5. The van der Waals surface area contributed by atoms with Gasteiger partial charge in [0.05, 0.1) is 11.9 Å². The molecule has 1 aromatic carbocycles. The van der Waals surface area contributed by atoms with Crippen LogP contribution in [0.5, 0.6) is 11.8 Å². The van der Waals surface area contributed by atoms with Crippen molar-refractivity contribution in [3.8, 4) is 11.8 Å². The second-order valence-electron chi connectivity index (χ2n) is 8.49. The van der Waals surface area contributed by atoms with Gasteiger partial charge in [-0.15, -0.1) is 0 Å². The first-order valence-corrected chi connectivity index (χ1v) is 11.6. The Kier molecular flexibility index (Phi) is 4.77. The van der Waals surface area contributed by atoms with Gasteiger partial charge < -0.3 is 20.7 Å². The number of nitrogens with zero attached hydrogens (tertiary/aromatic N) is 2. The second kappa shape index (κ2) is 7.16. The zero-order chi connectivity index (χ0) is 22.1. The number of rotatable bonds is 4. The van der Waals surface area contributed by atoms with Crippen molar-refractivity contribution in [3.63, 3.8) is 0 Å². The highest BCUT2D eigenvalue weighted by atomic mass is 32.2. The van der Waals surface area contributed by atoms with E-state index in [4.69, 9.17) is 10.5 Å². The molecule has 2 aromatic rings. The van der Waals surface area contributed by atoms with E-state index in [9.17, 15) is 27.4 Å². The first-order valence-electron chi connectivity index (χ1n) is 10.1. The Morgan fingerprint density at radius 2 is 1.74 bits per heavy atom. The Morgan fingerprint density at radius 3 is 2.32 bits per heavy atom. The maximum Gasteiger partial charge on any atom is 0.247 e. The quantitative estimate of drug-likeness (QED) is 0.642. The van der Waals surface area contributed by atoms with Crippen molar-refractivity contribution in [2.24, 2.45) is 5.73 Å². The van der Waals surface area contributed by atoms with Gasteiger partial charge >= 0.3 is 0 Å². The minimum atomic E-state index is -3.81. The third-order valence-electron chi connectivity index (χ3n) is 6.39. The Bertz CT molecular complexity index is 1120. The molecule has 31 heavy (non-hydrogen) atoms. The van der Waals surface area contributed by atoms with Crippen LogP contribution in [0.25, 0.3) is 0 Å². The number of aromatic hydroxyl groups is 2. The zero-order valence-electron chi connectivity index (χ0n) is 16.5. The van der Waals surface area contributed by atoms with E-state index in [0.29, 0.717) is 34.4 Å². The van der Waals surface area contributed by atoms with Crippen LogP contribution in [-0.2, 0) is 27.8 Å². The van der Waals surface area contributed by atoms with E-state index in [1.807, 2.05) is 4.90 Å². The lowest BCUT2D eigenvalue weighted by molar-refractivity contribution is -0.0533. The molecule has 168 valence electrons. The first kappa shape index (κ1) is 20.7. The van der Waals surface area contributed by atoms with Crippen LogP contribution in [-0.4, -0.2) is 51.4 Å². The van der Waals surface area contributed by atoms with Gasteiger partial charge in [0.1, 0.15) is 17.7 Å². The summed E-state index contributed by atoms with van der Waals surface area (Å²) in [4.78, 5) is 1.93. The molecule has 1 aliphatic carbocycles. The molecule has 8 nitrogen and oxygen atoms in total. The number of aromatic nitrogens is 1. The van der Waals surface area contributed by atoms with Gasteiger partial charge in [0.15, 0.2) is 0 Å². The highest BCUT2D eigenvalue weighted by Crippen LogP contribution is 2.45. The fourth-order valence-electron chi connectivity index (χ4n) is 4.58. The van der Waals surface area contributed by atoms with Gasteiger partial charge in [-0.1, -0.05) is 0 Å². The molecule has 2 fully saturated rings. The largest absolute Gasteiger partial charge is 0.493 e. The number of nitrogens with two attached hydrogens (primary N) is 1. The summed E-state index contributed by atoms with van der Waals surface area (Å²) in [6.45, 7) is 0.643. The van der Waals surface area contributed by atoms with E-state index >= 15 is 0 Å². The van der Waals surface area contributed by atoms with E-state index in [1.165, 1.54) is 0 Å². The van der Waals surface area contributed by atoms with Crippen molar-refractivity contribution in [2.45, 2.75) is 55.8 Å². The molecule has 3 heterocycles. The highest BCUT2D eigenvalue weighted by Gasteiger charge is 2.44. The molecule has 11 heteroatoms. The van der Waals surface area contributed by atoms with Crippen molar-refractivity contribution < 1.29 is 32.1 Å². The average Bonchev–Trinajstić information content (AvgIpc) is 3.44. The zero-order valence-corrected chi connectivity index (χ0v) is 17.4. The predicted octanol–water partition coefficient (Wildman–Crippen LogP) is 1.69. The van der Waals surface area contributed by atoms with Crippen LogP contribution in [0.3, 0.4) is 0 Å². The van der Waals surface area contributed by atoms with Crippen LogP contribution in [0, 0.1) is 11.6 Å². The minimum absolute atomic E-state index is 0.0749. The van der Waals surface area contributed by atoms with Crippen LogP contribution < -0.4 is 5.73 Å². The Balaban J connectivity index is 1.32. The summed E-state index contributed by atoms with van der Waals surface area (Å²) in [5.74, 6) is -2.07. The summed E-state index contributed by atoms with van der Waals surface area (Å²) in [5.41, 5.74) is 7.04. The number of halogens is 2. The van der Waals surface area contributed by atoms with Gasteiger partial charge in [-0.2, -0.15) is 3.97 Å². The third kappa shape index (κ3) is 3.30. The highest BCUT2D eigenvalue weighted by molar-refractivity contribution is 7.91. The average molecular weight is 455 g/mol. The van der Waals surface area contributed by atoms with Gasteiger partial charge in [0.25, 0.3) is 0 Å². The van der Waals surface area contributed by atoms with E-state index in [1.54, 1.807) is 0 Å². The monoisotopic (exact) mass is 455 g/mol. The van der Waals surface area contributed by atoms with Crippen LogP contribution in [0.4, 0.5) is 8.78 Å². The number of ether oxygens (including phenoxy) is 1. The summed E-state index contributed by atoms with van der Waals surface area (Å²) in [7, 11) is -3.81. The maximum atomic E-state index is 14.1. The molecule has 1 aromatic heterocycles. The van der Waals surface area contributed by atoms with Gasteiger partial charge in [0.2, 0.25) is 21.8 Å². The standard InChI is InChI=1S/C20H23F2N3O5S/c21-10-1-4-16(22)13(5-10)18-17(23)6-11(9-30-18)24-7-14-15(8-24)20(27)25(19(14)26)31(28,29)12-2-3-12/h1,4-5,11-12,17-18,26-27H,2-3,6-9,23H2/t11-,17+,18-/m1/s1. The fraction of sp³-hybridized carbons (Fsp3) is 0.500. The van der Waals surface area contributed by atoms with Crippen molar-refractivity contribution in [3.05, 3.63) is 46.5 Å². The molecule has 4 N–H and O–H groups in total. The molecular weight excluding hydrogens is 432 g/mol.